The standard InChI is InChI=1S/C11H16N2/c1-7-6-13-10-5-3-4-9(8(2)12)11(7)10/h3-5,7-8,13H,6,12H2,1-2H3. The summed E-state index contributed by atoms with van der Waals surface area (Å²) in [6, 6.07) is 6.47. The van der Waals surface area contributed by atoms with Crippen LogP contribution in [0.5, 0.6) is 0 Å². The van der Waals surface area contributed by atoms with Crippen LogP contribution in [0.15, 0.2) is 18.2 Å². The first-order chi connectivity index (χ1) is 6.20. The molecule has 1 heterocycles. The molecular formula is C11H16N2. The number of rotatable bonds is 1. The zero-order chi connectivity index (χ0) is 9.42. The number of hydrogen-bond acceptors (Lipinski definition) is 2. The molecule has 0 radical (unpaired) electrons. The van der Waals surface area contributed by atoms with Gasteiger partial charge in [0.25, 0.3) is 0 Å². The molecule has 0 saturated heterocycles. The quantitative estimate of drug-likeness (QED) is 0.688. The van der Waals surface area contributed by atoms with Crippen LogP contribution in [0.2, 0.25) is 0 Å². The number of benzene rings is 1. The fourth-order valence-electron chi connectivity index (χ4n) is 2.05. The van der Waals surface area contributed by atoms with Gasteiger partial charge in [-0.25, -0.2) is 0 Å². The molecule has 0 aliphatic carbocycles. The molecule has 0 spiro atoms. The van der Waals surface area contributed by atoms with Crippen LogP contribution in [-0.2, 0) is 0 Å². The van der Waals surface area contributed by atoms with E-state index >= 15 is 0 Å². The highest BCUT2D eigenvalue weighted by Gasteiger charge is 2.21. The summed E-state index contributed by atoms with van der Waals surface area (Å²) < 4.78 is 0. The van der Waals surface area contributed by atoms with Crippen molar-refractivity contribution in [1.29, 1.82) is 0 Å². The van der Waals surface area contributed by atoms with Gasteiger partial charge in [-0.1, -0.05) is 19.1 Å². The van der Waals surface area contributed by atoms with E-state index in [4.69, 9.17) is 5.73 Å². The second-order valence-corrected chi connectivity index (χ2v) is 3.88. The second kappa shape index (κ2) is 3.04. The lowest BCUT2D eigenvalue weighted by Gasteiger charge is -2.13. The molecule has 1 aromatic rings. The van der Waals surface area contributed by atoms with E-state index in [-0.39, 0.29) is 6.04 Å². The first-order valence-corrected chi connectivity index (χ1v) is 4.82. The number of fused-ring (bicyclic) bond motifs is 1. The summed E-state index contributed by atoms with van der Waals surface area (Å²) in [6.07, 6.45) is 0. The van der Waals surface area contributed by atoms with Gasteiger partial charge in [0.2, 0.25) is 0 Å². The van der Waals surface area contributed by atoms with Gasteiger partial charge in [-0.2, -0.15) is 0 Å². The Labute approximate surface area is 79.1 Å². The summed E-state index contributed by atoms with van der Waals surface area (Å²) in [5.74, 6) is 0.595. The van der Waals surface area contributed by atoms with Crippen molar-refractivity contribution in [3.8, 4) is 0 Å². The predicted octanol–water partition coefficient (Wildman–Crippen LogP) is 2.24. The first-order valence-electron chi connectivity index (χ1n) is 4.82. The van der Waals surface area contributed by atoms with E-state index in [2.05, 4.69) is 30.4 Å². The summed E-state index contributed by atoms with van der Waals surface area (Å²) in [5.41, 5.74) is 9.89. The van der Waals surface area contributed by atoms with Crippen LogP contribution in [0.25, 0.3) is 0 Å². The molecular weight excluding hydrogens is 160 g/mol. The number of nitrogens with two attached hydrogens (primary N) is 1. The Morgan fingerprint density at radius 2 is 2.31 bits per heavy atom. The topological polar surface area (TPSA) is 38.0 Å². The Morgan fingerprint density at radius 1 is 1.54 bits per heavy atom. The molecule has 13 heavy (non-hydrogen) atoms. The van der Waals surface area contributed by atoms with Crippen molar-refractivity contribution < 1.29 is 0 Å². The summed E-state index contributed by atoms with van der Waals surface area (Å²) in [6.45, 7) is 5.32. The molecule has 70 valence electrons. The lowest BCUT2D eigenvalue weighted by atomic mass is 9.94. The maximum absolute atomic E-state index is 5.92. The lowest BCUT2D eigenvalue weighted by molar-refractivity contribution is 0.770. The van der Waals surface area contributed by atoms with Gasteiger partial charge in [-0.3, -0.25) is 0 Å². The summed E-state index contributed by atoms with van der Waals surface area (Å²) in [7, 11) is 0. The van der Waals surface area contributed by atoms with Crippen LogP contribution < -0.4 is 11.1 Å². The van der Waals surface area contributed by atoms with E-state index in [1.807, 2.05) is 6.92 Å². The molecule has 1 aliphatic rings. The van der Waals surface area contributed by atoms with Gasteiger partial charge in [0, 0.05) is 24.2 Å². The maximum Gasteiger partial charge on any atom is 0.0379 e. The molecule has 0 fully saturated rings. The van der Waals surface area contributed by atoms with Crippen molar-refractivity contribution in [2.45, 2.75) is 25.8 Å². The van der Waals surface area contributed by atoms with E-state index in [0.717, 1.165) is 6.54 Å². The van der Waals surface area contributed by atoms with Crippen LogP contribution in [0.4, 0.5) is 5.69 Å². The van der Waals surface area contributed by atoms with Crippen LogP contribution in [0.3, 0.4) is 0 Å². The van der Waals surface area contributed by atoms with Crippen LogP contribution in [-0.4, -0.2) is 6.54 Å². The molecule has 2 nitrogen and oxygen atoms in total. The second-order valence-electron chi connectivity index (χ2n) is 3.88. The van der Waals surface area contributed by atoms with Crippen molar-refractivity contribution in [2.24, 2.45) is 5.73 Å². The third-order valence-electron chi connectivity index (χ3n) is 2.72. The minimum Gasteiger partial charge on any atom is -0.384 e. The Kier molecular flexibility index (Phi) is 2.00. The molecule has 2 rings (SSSR count). The molecule has 0 aromatic heterocycles. The monoisotopic (exact) mass is 176 g/mol. The Balaban J connectivity index is 2.53. The molecule has 0 amide bonds. The predicted molar refractivity (Wildman–Crippen MR) is 55.9 cm³/mol. The van der Waals surface area contributed by atoms with Crippen molar-refractivity contribution in [2.75, 3.05) is 11.9 Å². The number of anilines is 1. The summed E-state index contributed by atoms with van der Waals surface area (Å²) in [4.78, 5) is 0. The molecule has 2 atom stereocenters. The van der Waals surface area contributed by atoms with Crippen LogP contribution in [0, 0.1) is 0 Å². The van der Waals surface area contributed by atoms with E-state index in [1.54, 1.807) is 0 Å². The fourth-order valence-corrected chi connectivity index (χ4v) is 2.05. The third kappa shape index (κ3) is 1.31. The minimum absolute atomic E-state index is 0.136. The van der Waals surface area contributed by atoms with Crippen molar-refractivity contribution in [1.82, 2.24) is 0 Å². The molecule has 0 saturated carbocycles. The van der Waals surface area contributed by atoms with E-state index < -0.39 is 0 Å². The van der Waals surface area contributed by atoms with Gasteiger partial charge in [0.15, 0.2) is 0 Å². The average Bonchev–Trinajstić information content (AvgIpc) is 2.48. The molecule has 2 heteroatoms. The highest BCUT2D eigenvalue weighted by atomic mass is 14.9. The van der Waals surface area contributed by atoms with Gasteiger partial charge in [-0.05, 0) is 24.1 Å². The van der Waals surface area contributed by atoms with Crippen molar-refractivity contribution in [3.05, 3.63) is 29.3 Å². The molecule has 0 bridgehead atoms. The normalized spacial score (nSPS) is 22.2. The van der Waals surface area contributed by atoms with Crippen molar-refractivity contribution >= 4 is 5.69 Å². The Bertz CT molecular complexity index is 318. The molecule has 1 aliphatic heterocycles. The largest absolute Gasteiger partial charge is 0.384 e. The average molecular weight is 176 g/mol. The number of nitrogens with one attached hydrogen (secondary N) is 1. The third-order valence-corrected chi connectivity index (χ3v) is 2.72. The smallest absolute Gasteiger partial charge is 0.0379 e. The molecule has 3 N–H and O–H groups in total. The van der Waals surface area contributed by atoms with Crippen molar-refractivity contribution in [3.63, 3.8) is 0 Å². The van der Waals surface area contributed by atoms with E-state index in [1.165, 1.54) is 16.8 Å². The van der Waals surface area contributed by atoms with Gasteiger partial charge in [0.1, 0.15) is 0 Å². The molecule has 1 aromatic carbocycles. The summed E-state index contributed by atoms with van der Waals surface area (Å²) >= 11 is 0. The zero-order valence-electron chi connectivity index (χ0n) is 8.17. The molecule has 2 unspecified atom stereocenters. The summed E-state index contributed by atoms with van der Waals surface area (Å²) in [5, 5.41) is 3.39. The highest BCUT2D eigenvalue weighted by molar-refractivity contribution is 5.61. The highest BCUT2D eigenvalue weighted by Crippen LogP contribution is 2.35. The van der Waals surface area contributed by atoms with Crippen LogP contribution in [0.1, 0.15) is 36.9 Å². The maximum atomic E-state index is 5.92. The number of hydrogen-bond donors (Lipinski definition) is 2. The minimum atomic E-state index is 0.136. The van der Waals surface area contributed by atoms with Gasteiger partial charge in [0.05, 0.1) is 0 Å². The SMILES string of the molecule is CC(N)c1cccc2c1C(C)CN2. The van der Waals surface area contributed by atoms with Gasteiger partial charge in [-0.15, -0.1) is 0 Å². The Hall–Kier alpha value is -1.02. The fraction of sp³-hybridized carbons (Fsp3) is 0.455. The first kappa shape index (κ1) is 8.57. The Morgan fingerprint density at radius 3 is 3.00 bits per heavy atom. The zero-order valence-corrected chi connectivity index (χ0v) is 8.17. The van der Waals surface area contributed by atoms with Gasteiger partial charge < -0.3 is 11.1 Å². The lowest BCUT2D eigenvalue weighted by Crippen LogP contribution is -2.08. The van der Waals surface area contributed by atoms with E-state index in [0.29, 0.717) is 5.92 Å². The van der Waals surface area contributed by atoms with E-state index in [9.17, 15) is 0 Å². The van der Waals surface area contributed by atoms with Gasteiger partial charge >= 0.3 is 0 Å². The van der Waals surface area contributed by atoms with Crippen LogP contribution >= 0.6 is 0 Å².